The largest absolute Gasteiger partial charge is 0.497 e. The van der Waals surface area contributed by atoms with E-state index in [-0.39, 0.29) is 17.9 Å². The lowest BCUT2D eigenvalue weighted by Gasteiger charge is -2.40. The SMILES string of the molecule is COc1cccc(CCC(=O)N2C[C@@H]3CC[C@H](C2)N(CC2CCC2)C3=O)c1. The second-order valence-electron chi connectivity index (χ2n) is 8.37. The van der Waals surface area contributed by atoms with Crippen molar-refractivity contribution in [1.82, 2.24) is 9.80 Å². The highest BCUT2D eigenvalue weighted by atomic mass is 16.5. The number of amides is 2. The van der Waals surface area contributed by atoms with Crippen molar-refractivity contribution in [2.24, 2.45) is 11.8 Å². The minimum Gasteiger partial charge on any atom is -0.497 e. The summed E-state index contributed by atoms with van der Waals surface area (Å²) in [6.07, 6.45) is 6.99. The van der Waals surface area contributed by atoms with Crippen LogP contribution < -0.4 is 4.74 Å². The van der Waals surface area contributed by atoms with E-state index in [0.29, 0.717) is 37.8 Å². The van der Waals surface area contributed by atoms with Crippen LogP contribution in [0.3, 0.4) is 0 Å². The first kappa shape index (κ1) is 18.3. The summed E-state index contributed by atoms with van der Waals surface area (Å²) >= 11 is 0. The highest BCUT2D eigenvalue weighted by molar-refractivity contribution is 5.83. The van der Waals surface area contributed by atoms with Crippen molar-refractivity contribution in [1.29, 1.82) is 0 Å². The highest BCUT2D eigenvalue weighted by Gasteiger charge is 2.42. The molecule has 27 heavy (non-hydrogen) atoms. The van der Waals surface area contributed by atoms with E-state index in [0.717, 1.165) is 30.7 Å². The molecule has 5 nitrogen and oxygen atoms in total. The second kappa shape index (κ2) is 7.91. The van der Waals surface area contributed by atoms with Gasteiger partial charge in [-0.05, 0) is 55.7 Å². The van der Waals surface area contributed by atoms with Gasteiger partial charge in [-0.25, -0.2) is 0 Å². The number of benzene rings is 1. The molecule has 4 fully saturated rings. The highest BCUT2D eigenvalue weighted by Crippen LogP contribution is 2.34. The van der Waals surface area contributed by atoms with Crippen LogP contribution >= 0.6 is 0 Å². The Hall–Kier alpha value is -2.04. The molecule has 3 heterocycles. The van der Waals surface area contributed by atoms with Gasteiger partial charge in [-0.3, -0.25) is 9.59 Å². The number of carbonyl (C=O) groups is 2. The fourth-order valence-corrected chi connectivity index (χ4v) is 4.68. The third-order valence-electron chi connectivity index (χ3n) is 6.59. The second-order valence-corrected chi connectivity index (χ2v) is 8.37. The van der Waals surface area contributed by atoms with E-state index in [1.165, 1.54) is 19.3 Å². The number of piperidine rings is 1. The standard InChI is InChI=1S/C22H30N2O3/c1-27-20-7-3-4-16(12-20)8-11-21(25)23-14-18-9-10-19(15-23)24(22(18)26)13-17-5-2-6-17/h3-4,7,12,17-19H,2,5-6,8-11,13-15H2,1H3/t18-,19+/m0/s1. The van der Waals surface area contributed by atoms with Gasteiger partial charge in [0.1, 0.15) is 5.75 Å². The molecule has 5 heteroatoms. The van der Waals surface area contributed by atoms with Crippen LogP contribution in [0.1, 0.15) is 44.1 Å². The first-order chi connectivity index (χ1) is 13.1. The number of nitrogens with zero attached hydrogens (tertiary/aromatic N) is 2. The molecule has 0 radical (unpaired) electrons. The number of methoxy groups -OCH3 is 1. The van der Waals surface area contributed by atoms with Gasteiger partial charge in [-0.15, -0.1) is 0 Å². The van der Waals surface area contributed by atoms with Crippen LogP contribution in [0.4, 0.5) is 0 Å². The zero-order valence-electron chi connectivity index (χ0n) is 16.2. The topological polar surface area (TPSA) is 49.9 Å². The Bertz CT molecular complexity index is 701. The molecule has 0 unspecified atom stereocenters. The Balaban J connectivity index is 1.37. The molecular formula is C22H30N2O3. The number of hydrogen-bond acceptors (Lipinski definition) is 3. The Morgan fingerprint density at radius 3 is 2.78 bits per heavy atom. The van der Waals surface area contributed by atoms with Gasteiger partial charge in [0.15, 0.2) is 0 Å². The number of carbonyl (C=O) groups excluding carboxylic acids is 2. The lowest BCUT2D eigenvalue weighted by Crippen LogP contribution is -2.50. The van der Waals surface area contributed by atoms with Crippen LogP contribution in [0.25, 0.3) is 0 Å². The summed E-state index contributed by atoms with van der Waals surface area (Å²) in [4.78, 5) is 29.8. The maximum Gasteiger partial charge on any atom is 0.227 e. The molecule has 3 aliphatic heterocycles. The number of rotatable bonds is 6. The van der Waals surface area contributed by atoms with Gasteiger partial charge >= 0.3 is 0 Å². The van der Waals surface area contributed by atoms with Crippen LogP contribution in [0.5, 0.6) is 5.75 Å². The summed E-state index contributed by atoms with van der Waals surface area (Å²) in [6, 6.07) is 8.12. The molecule has 1 aliphatic carbocycles. The summed E-state index contributed by atoms with van der Waals surface area (Å²) in [5, 5.41) is 0. The van der Waals surface area contributed by atoms with E-state index >= 15 is 0 Å². The quantitative estimate of drug-likeness (QED) is 0.774. The van der Waals surface area contributed by atoms with Crippen LogP contribution in [0.15, 0.2) is 24.3 Å². The normalized spacial score (nSPS) is 25.3. The minimum absolute atomic E-state index is 0.00426. The first-order valence-corrected chi connectivity index (χ1v) is 10.3. The van der Waals surface area contributed by atoms with Crippen molar-refractivity contribution in [2.75, 3.05) is 26.7 Å². The predicted molar refractivity (Wildman–Crippen MR) is 103 cm³/mol. The van der Waals surface area contributed by atoms with Gasteiger partial charge in [0, 0.05) is 32.1 Å². The smallest absolute Gasteiger partial charge is 0.227 e. The molecule has 0 aromatic heterocycles. The van der Waals surface area contributed by atoms with E-state index in [4.69, 9.17) is 4.74 Å². The fraction of sp³-hybridized carbons (Fsp3) is 0.636. The number of ether oxygens (including phenoxy) is 1. The van der Waals surface area contributed by atoms with Gasteiger partial charge < -0.3 is 14.5 Å². The average molecular weight is 370 g/mol. The zero-order chi connectivity index (χ0) is 18.8. The van der Waals surface area contributed by atoms with Crippen LogP contribution in [0.2, 0.25) is 0 Å². The lowest BCUT2D eigenvalue weighted by molar-refractivity contribution is -0.141. The van der Waals surface area contributed by atoms with Crippen molar-refractivity contribution in [3.63, 3.8) is 0 Å². The molecule has 2 amide bonds. The third-order valence-corrected chi connectivity index (χ3v) is 6.59. The first-order valence-electron chi connectivity index (χ1n) is 10.3. The van der Waals surface area contributed by atoms with Crippen LogP contribution in [0, 0.1) is 11.8 Å². The molecule has 0 spiro atoms. The summed E-state index contributed by atoms with van der Waals surface area (Å²) < 4.78 is 5.26. The van der Waals surface area contributed by atoms with Crippen LogP contribution in [-0.2, 0) is 16.0 Å². The molecule has 0 N–H and O–H groups in total. The Labute approximate surface area is 161 Å². The van der Waals surface area contributed by atoms with Gasteiger partial charge in [0.05, 0.1) is 13.0 Å². The van der Waals surface area contributed by atoms with E-state index in [1.807, 2.05) is 29.2 Å². The summed E-state index contributed by atoms with van der Waals surface area (Å²) in [5.74, 6) is 1.98. The van der Waals surface area contributed by atoms with Gasteiger partial charge in [-0.2, -0.15) is 0 Å². The van der Waals surface area contributed by atoms with E-state index in [9.17, 15) is 9.59 Å². The number of aryl methyl sites for hydroxylation is 1. The lowest BCUT2D eigenvalue weighted by atomic mass is 9.83. The number of hydrogen-bond donors (Lipinski definition) is 0. The minimum atomic E-state index is 0.00426. The van der Waals surface area contributed by atoms with Gasteiger partial charge in [0.25, 0.3) is 0 Å². The van der Waals surface area contributed by atoms with E-state index in [1.54, 1.807) is 7.11 Å². The Kier molecular flexibility index (Phi) is 5.37. The van der Waals surface area contributed by atoms with Crippen molar-refractivity contribution in [2.45, 2.75) is 51.0 Å². The van der Waals surface area contributed by atoms with Crippen molar-refractivity contribution >= 4 is 11.8 Å². The molecule has 5 rings (SSSR count). The maximum atomic E-state index is 12.9. The summed E-state index contributed by atoms with van der Waals surface area (Å²) in [7, 11) is 1.66. The Morgan fingerprint density at radius 1 is 1.19 bits per heavy atom. The molecular weight excluding hydrogens is 340 g/mol. The predicted octanol–water partition coefficient (Wildman–Crippen LogP) is 2.88. The molecule has 3 saturated heterocycles. The van der Waals surface area contributed by atoms with Gasteiger partial charge in [0.2, 0.25) is 11.8 Å². The third kappa shape index (κ3) is 3.97. The average Bonchev–Trinajstić information content (AvgIpc) is 2.94. The zero-order valence-corrected chi connectivity index (χ0v) is 16.2. The summed E-state index contributed by atoms with van der Waals surface area (Å²) in [5.41, 5.74) is 1.11. The van der Waals surface area contributed by atoms with Crippen molar-refractivity contribution < 1.29 is 14.3 Å². The van der Waals surface area contributed by atoms with Gasteiger partial charge in [-0.1, -0.05) is 18.6 Å². The van der Waals surface area contributed by atoms with E-state index < -0.39 is 0 Å². The Morgan fingerprint density at radius 2 is 2.04 bits per heavy atom. The van der Waals surface area contributed by atoms with Crippen molar-refractivity contribution in [3.8, 4) is 5.75 Å². The van der Waals surface area contributed by atoms with Crippen LogP contribution in [-0.4, -0.2) is 54.4 Å². The van der Waals surface area contributed by atoms with Crippen molar-refractivity contribution in [3.05, 3.63) is 29.8 Å². The molecule has 4 aliphatic rings. The molecule has 1 aromatic rings. The van der Waals surface area contributed by atoms with E-state index in [2.05, 4.69) is 4.90 Å². The fourth-order valence-electron chi connectivity index (χ4n) is 4.68. The molecule has 2 bridgehead atoms. The molecule has 2 atom stereocenters. The molecule has 146 valence electrons. The number of fused-ring (bicyclic) bond motifs is 4. The monoisotopic (exact) mass is 370 g/mol. The molecule has 1 aromatic carbocycles. The summed E-state index contributed by atoms with van der Waals surface area (Å²) in [6.45, 7) is 2.23. The maximum absolute atomic E-state index is 12.9. The molecule has 1 saturated carbocycles.